The van der Waals surface area contributed by atoms with Gasteiger partial charge in [-0.3, -0.25) is 4.79 Å². The van der Waals surface area contributed by atoms with E-state index >= 15 is 0 Å². The number of anilines is 1. The Hall–Kier alpha value is -1.55. The van der Waals surface area contributed by atoms with E-state index in [9.17, 15) is 4.79 Å². The van der Waals surface area contributed by atoms with Crippen LogP contribution in [0.3, 0.4) is 0 Å². The van der Waals surface area contributed by atoms with E-state index in [1.807, 2.05) is 19.1 Å². The summed E-state index contributed by atoms with van der Waals surface area (Å²) in [5, 5.41) is 3.39. The van der Waals surface area contributed by atoms with Crippen LogP contribution in [0.25, 0.3) is 0 Å². The summed E-state index contributed by atoms with van der Waals surface area (Å²) in [7, 11) is 0. The van der Waals surface area contributed by atoms with Crippen LogP contribution in [0, 0.1) is 0 Å². The van der Waals surface area contributed by atoms with E-state index in [2.05, 4.69) is 29.3 Å². The molecule has 1 amide bonds. The van der Waals surface area contributed by atoms with Crippen molar-refractivity contribution >= 4 is 11.6 Å². The van der Waals surface area contributed by atoms with Crippen molar-refractivity contribution in [3.63, 3.8) is 0 Å². The van der Waals surface area contributed by atoms with E-state index in [1.54, 1.807) is 0 Å². The molecule has 0 saturated carbocycles. The summed E-state index contributed by atoms with van der Waals surface area (Å²) in [4.78, 5) is 15.1. The van der Waals surface area contributed by atoms with Crippen LogP contribution < -0.4 is 5.32 Å². The molecule has 3 rings (SSSR count). The van der Waals surface area contributed by atoms with Gasteiger partial charge in [0, 0.05) is 18.8 Å². The van der Waals surface area contributed by atoms with Gasteiger partial charge in [-0.1, -0.05) is 25.1 Å². The fourth-order valence-corrected chi connectivity index (χ4v) is 3.38. The fourth-order valence-electron chi connectivity index (χ4n) is 3.38. The second kappa shape index (κ2) is 6.06. The Bertz CT molecular complexity index is 517. The number of fused-ring (bicyclic) bond motifs is 1. The minimum atomic E-state index is -0.0122. The van der Waals surface area contributed by atoms with Gasteiger partial charge in [0.05, 0.1) is 24.7 Å². The molecule has 4 heteroatoms. The first-order chi connectivity index (χ1) is 10.2. The van der Waals surface area contributed by atoms with Crippen LogP contribution in [0.5, 0.6) is 0 Å². The lowest BCUT2D eigenvalue weighted by Crippen LogP contribution is -2.53. The number of morpholine rings is 1. The third kappa shape index (κ3) is 2.77. The molecule has 0 aliphatic carbocycles. The molecule has 1 saturated heterocycles. The van der Waals surface area contributed by atoms with Crippen molar-refractivity contribution in [2.45, 2.75) is 44.8 Å². The van der Waals surface area contributed by atoms with Crippen LogP contribution in [0.15, 0.2) is 24.3 Å². The number of para-hydroxylation sites is 1. The van der Waals surface area contributed by atoms with Crippen LogP contribution in [0.4, 0.5) is 5.69 Å². The molecule has 1 aromatic rings. The Morgan fingerprint density at radius 2 is 2.24 bits per heavy atom. The van der Waals surface area contributed by atoms with Gasteiger partial charge in [-0.2, -0.15) is 0 Å². The summed E-state index contributed by atoms with van der Waals surface area (Å²) in [5.41, 5.74) is 2.25. The topological polar surface area (TPSA) is 41.6 Å². The van der Waals surface area contributed by atoms with Gasteiger partial charge in [-0.05, 0) is 31.4 Å². The second-order valence-corrected chi connectivity index (χ2v) is 6.05. The molecule has 4 nitrogen and oxygen atoms in total. The van der Waals surface area contributed by atoms with Crippen molar-refractivity contribution < 1.29 is 9.53 Å². The van der Waals surface area contributed by atoms with Gasteiger partial charge < -0.3 is 15.0 Å². The predicted molar refractivity (Wildman–Crippen MR) is 83.5 cm³/mol. The summed E-state index contributed by atoms with van der Waals surface area (Å²) in [6, 6.07) is 8.40. The maximum atomic E-state index is 13.1. The lowest BCUT2D eigenvalue weighted by molar-refractivity contribution is -0.146. The maximum Gasteiger partial charge on any atom is 0.230 e. The zero-order valence-corrected chi connectivity index (χ0v) is 12.8. The normalized spacial score (nSPS) is 28.7. The van der Waals surface area contributed by atoms with E-state index in [1.165, 1.54) is 0 Å². The van der Waals surface area contributed by atoms with Crippen LogP contribution in [-0.2, 0) is 9.53 Å². The predicted octanol–water partition coefficient (Wildman–Crippen LogP) is 2.61. The standard InChI is InChI=1S/C17H24N2O2/c1-3-13-11-21-12(2)10-19(13)17(20)15-8-9-18-16-7-5-4-6-14(15)16/h4-7,12-13,15,18H,3,8-11H2,1-2H3. The van der Waals surface area contributed by atoms with Gasteiger partial charge in [-0.25, -0.2) is 0 Å². The van der Waals surface area contributed by atoms with Gasteiger partial charge in [0.15, 0.2) is 0 Å². The SMILES string of the molecule is CCC1COC(C)CN1C(=O)C1CCNc2ccccc21. The number of carbonyl (C=O) groups excluding carboxylic acids is 1. The molecule has 0 spiro atoms. The van der Waals surface area contributed by atoms with Gasteiger partial charge in [-0.15, -0.1) is 0 Å². The number of hydrogen-bond acceptors (Lipinski definition) is 3. The lowest BCUT2D eigenvalue weighted by atomic mass is 9.89. The molecule has 0 bridgehead atoms. The molecule has 3 unspecified atom stereocenters. The maximum absolute atomic E-state index is 13.1. The van der Waals surface area contributed by atoms with E-state index < -0.39 is 0 Å². The number of amides is 1. The van der Waals surface area contributed by atoms with E-state index in [4.69, 9.17) is 4.74 Å². The monoisotopic (exact) mass is 288 g/mol. The lowest BCUT2D eigenvalue weighted by Gasteiger charge is -2.41. The molecule has 2 aliphatic rings. The van der Waals surface area contributed by atoms with E-state index in [-0.39, 0.29) is 24.0 Å². The smallest absolute Gasteiger partial charge is 0.230 e. The molecule has 0 radical (unpaired) electrons. The van der Waals surface area contributed by atoms with Gasteiger partial charge >= 0.3 is 0 Å². The van der Waals surface area contributed by atoms with Crippen molar-refractivity contribution in [3.8, 4) is 0 Å². The molecular weight excluding hydrogens is 264 g/mol. The van der Waals surface area contributed by atoms with E-state index in [0.29, 0.717) is 13.2 Å². The first-order valence-electron chi connectivity index (χ1n) is 7.95. The highest BCUT2D eigenvalue weighted by atomic mass is 16.5. The second-order valence-electron chi connectivity index (χ2n) is 6.05. The first kappa shape index (κ1) is 14.4. The molecule has 114 valence electrons. The zero-order chi connectivity index (χ0) is 14.8. The average molecular weight is 288 g/mol. The van der Waals surface area contributed by atoms with Crippen LogP contribution in [-0.4, -0.2) is 42.6 Å². The Morgan fingerprint density at radius 1 is 1.43 bits per heavy atom. The number of ether oxygens (including phenoxy) is 1. The zero-order valence-electron chi connectivity index (χ0n) is 12.8. The highest BCUT2D eigenvalue weighted by Gasteiger charge is 2.35. The minimum absolute atomic E-state index is 0.0122. The molecule has 1 aromatic carbocycles. The summed E-state index contributed by atoms with van der Waals surface area (Å²) in [5.74, 6) is 0.257. The van der Waals surface area contributed by atoms with E-state index in [0.717, 1.165) is 30.6 Å². The summed E-state index contributed by atoms with van der Waals surface area (Å²) in [6.07, 6.45) is 1.96. The molecule has 21 heavy (non-hydrogen) atoms. The molecule has 2 heterocycles. The Kier molecular flexibility index (Phi) is 4.15. The van der Waals surface area contributed by atoms with Crippen LogP contribution >= 0.6 is 0 Å². The average Bonchev–Trinajstić information content (AvgIpc) is 2.53. The minimum Gasteiger partial charge on any atom is -0.385 e. The number of nitrogens with one attached hydrogen (secondary N) is 1. The molecule has 3 atom stereocenters. The van der Waals surface area contributed by atoms with Gasteiger partial charge in [0.2, 0.25) is 5.91 Å². The molecule has 1 fully saturated rings. The Balaban J connectivity index is 1.85. The van der Waals surface area contributed by atoms with Gasteiger partial charge in [0.25, 0.3) is 0 Å². The number of rotatable bonds is 2. The Morgan fingerprint density at radius 3 is 3.05 bits per heavy atom. The summed E-state index contributed by atoms with van der Waals surface area (Å²) >= 11 is 0. The summed E-state index contributed by atoms with van der Waals surface area (Å²) in [6.45, 7) is 6.41. The number of benzene rings is 1. The quantitative estimate of drug-likeness (QED) is 0.909. The number of hydrogen-bond donors (Lipinski definition) is 1. The summed E-state index contributed by atoms with van der Waals surface area (Å²) < 4.78 is 5.71. The van der Waals surface area contributed by atoms with Crippen LogP contribution in [0.1, 0.15) is 38.2 Å². The van der Waals surface area contributed by atoms with Crippen molar-refractivity contribution in [2.75, 3.05) is 25.0 Å². The van der Waals surface area contributed by atoms with Crippen molar-refractivity contribution in [3.05, 3.63) is 29.8 Å². The highest BCUT2D eigenvalue weighted by Crippen LogP contribution is 2.34. The largest absolute Gasteiger partial charge is 0.385 e. The first-order valence-corrected chi connectivity index (χ1v) is 7.95. The van der Waals surface area contributed by atoms with Crippen molar-refractivity contribution in [1.82, 2.24) is 4.90 Å². The number of carbonyl (C=O) groups is 1. The Labute approximate surface area is 126 Å². The van der Waals surface area contributed by atoms with Crippen molar-refractivity contribution in [1.29, 1.82) is 0 Å². The van der Waals surface area contributed by atoms with Gasteiger partial charge in [0.1, 0.15) is 0 Å². The fraction of sp³-hybridized carbons (Fsp3) is 0.588. The third-order valence-electron chi connectivity index (χ3n) is 4.60. The van der Waals surface area contributed by atoms with Crippen LogP contribution in [0.2, 0.25) is 0 Å². The number of nitrogens with zero attached hydrogens (tertiary/aromatic N) is 1. The molecule has 1 N–H and O–H groups in total. The highest BCUT2D eigenvalue weighted by molar-refractivity contribution is 5.86. The molecule has 0 aromatic heterocycles. The third-order valence-corrected chi connectivity index (χ3v) is 4.60. The molecule has 2 aliphatic heterocycles. The van der Waals surface area contributed by atoms with Crippen molar-refractivity contribution in [2.24, 2.45) is 0 Å². The molecular formula is C17H24N2O2.